The quantitative estimate of drug-likeness (QED) is 0.366. The molecule has 0 aliphatic heterocycles. The molecule has 0 saturated carbocycles. The van der Waals surface area contributed by atoms with E-state index in [-0.39, 0.29) is 18.9 Å². The molecule has 2 aromatic carbocycles. The van der Waals surface area contributed by atoms with Gasteiger partial charge in [0, 0.05) is 5.56 Å². The fraction of sp³-hybridized carbons (Fsp3) is 0. The third kappa shape index (κ3) is 4.79. The topological polar surface area (TPSA) is 0 Å². The van der Waals surface area contributed by atoms with Crippen molar-refractivity contribution in [3.63, 3.8) is 0 Å². The van der Waals surface area contributed by atoms with Crippen LogP contribution in [0.3, 0.4) is 0 Å². The van der Waals surface area contributed by atoms with Gasteiger partial charge in [-0.2, -0.15) is 0 Å². The van der Waals surface area contributed by atoms with Crippen molar-refractivity contribution in [2.45, 2.75) is 0 Å². The standard InChI is InChI=1S/C16H11.Li/c1-3-9-15(10-4-1)13-7-8-14-16-11-5-2-6-12-16;/h1-7,9,11-13H;/q-1;+1/b13-7-;. The van der Waals surface area contributed by atoms with Gasteiger partial charge in [0.25, 0.3) is 0 Å². The van der Waals surface area contributed by atoms with Gasteiger partial charge < -0.3 is 0 Å². The maximum Gasteiger partial charge on any atom is 1.00 e. The van der Waals surface area contributed by atoms with E-state index in [0.29, 0.717) is 0 Å². The second-order valence-corrected chi connectivity index (χ2v) is 3.29. The van der Waals surface area contributed by atoms with E-state index in [1.54, 1.807) is 0 Å². The second kappa shape index (κ2) is 7.58. The molecule has 17 heavy (non-hydrogen) atoms. The molecule has 0 spiro atoms. The Morgan fingerprint density at radius 1 is 0.941 bits per heavy atom. The summed E-state index contributed by atoms with van der Waals surface area (Å²) in [5.74, 6) is 6.06. The Balaban J connectivity index is 0.00000144. The van der Waals surface area contributed by atoms with Crippen LogP contribution >= 0.6 is 0 Å². The van der Waals surface area contributed by atoms with Gasteiger partial charge in [0.2, 0.25) is 0 Å². The van der Waals surface area contributed by atoms with Gasteiger partial charge in [0.15, 0.2) is 0 Å². The van der Waals surface area contributed by atoms with Crippen molar-refractivity contribution in [3.05, 3.63) is 77.9 Å². The Morgan fingerprint density at radius 2 is 1.71 bits per heavy atom. The predicted octanol–water partition coefficient (Wildman–Crippen LogP) is 0.556. The molecule has 2 aromatic rings. The van der Waals surface area contributed by atoms with Crippen LogP contribution in [0.5, 0.6) is 0 Å². The summed E-state index contributed by atoms with van der Waals surface area (Å²) in [6.07, 6.45) is 3.80. The van der Waals surface area contributed by atoms with Gasteiger partial charge in [-0.05, 0) is 12.1 Å². The number of allylic oxidation sites excluding steroid dienone is 1. The van der Waals surface area contributed by atoms with Crippen LogP contribution in [-0.4, -0.2) is 0 Å². The van der Waals surface area contributed by atoms with Crippen molar-refractivity contribution in [1.82, 2.24) is 0 Å². The van der Waals surface area contributed by atoms with Crippen molar-refractivity contribution in [2.75, 3.05) is 0 Å². The molecule has 2 rings (SSSR count). The summed E-state index contributed by atoms with van der Waals surface area (Å²) in [7, 11) is 0. The van der Waals surface area contributed by atoms with E-state index < -0.39 is 0 Å². The Hall–Kier alpha value is -1.66. The zero-order chi connectivity index (χ0) is 11.1. The van der Waals surface area contributed by atoms with Crippen molar-refractivity contribution in [2.24, 2.45) is 0 Å². The van der Waals surface area contributed by atoms with E-state index in [2.05, 4.69) is 17.9 Å². The number of hydrogen-bond donors (Lipinski definition) is 0. The van der Waals surface area contributed by atoms with Crippen LogP contribution in [0.15, 0.2) is 60.7 Å². The van der Waals surface area contributed by atoms with Crippen LogP contribution in [0.1, 0.15) is 11.1 Å². The molecule has 0 radical (unpaired) electrons. The Morgan fingerprint density at radius 3 is 2.41 bits per heavy atom. The first-order valence-corrected chi connectivity index (χ1v) is 5.15. The molecule has 0 heterocycles. The summed E-state index contributed by atoms with van der Waals surface area (Å²) >= 11 is 0. The van der Waals surface area contributed by atoms with Gasteiger partial charge >= 0.3 is 18.9 Å². The van der Waals surface area contributed by atoms with Gasteiger partial charge in [-0.15, -0.1) is 42.0 Å². The van der Waals surface area contributed by atoms with E-state index in [9.17, 15) is 0 Å². The van der Waals surface area contributed by atoms with E-state index >= 15 is 0 Å². The number of benzene rings is 2. The maximum absolute atomic E-state index is 3.11. The molecular formula is C16H11Li. The van der Waals surface area contributed by atoms with Gasteiger partial charge in [0.05, 0.1) is 0 Å². The molecule has 0 fully saturated rings. The SMILES string of the molecule is C(#Cc1ccccc1)/C=C\c1[c-]cccc1.[Li+]. The van der Waals surface area contributed by atoms with Gasteiger partial charge in [-0.1, -0.05) is 36.1 Å². The maximum atomic E-state index is 3.11. The molecule has 0 atom stereocenters. The third-order valence-electron chi connectivity index (χ3n) is 2.07. The van der Waals surface area contributed by atoms with Crippen molar-refractivity contribution in [3.8, 4) is 11.8 Å². The summed E-state index contributed by atoms with van der Waals surface area (Å²) in [4.78, 5) is 0. The summed E-state index contributed by atoms with van der Waals surface area (Å²) in [6.45, 7) is 0. The minimum atomic E-state index is 0. The molecule has 0 aliphatic carbocycles. The zero-order valence-corrected chi connectivity index (χ0v) is 9.85. The van der Waals surface area contributed by atoms with E-state index in [0.717, 1.165) is 11.1 Å². The largest absolute Gasteiger partial charge is 1.00 e. The number of hydrogen-bond acceptors (Lipinski definition) is 0. The fourth-order valence-electron chi connectivity index (χ4n) is 1.29. The monoisotopic (exact) mass is 210 g/mol. The summed E-state index contributed by atoms with van der Waals surface area (Å²) in [5.41, 5.74) is 2.08. The number of rotatable bonds is 1. The minimum absolute atomic E-state index is 0. The Bertz CT molecular complexity index is 516. The Labute approximate surface area is 115 Å². The molecule has 0 amide bonds. The zero-order valence-electron chi connectivity index (χ0n) is 9.85. The average Bonchev–Trinajstić information content (AvgIpc) is 2.37. The summed E-state index contributed by atoms with van der Waals surface area (Å²) in [6, 6.07) is 20.9. The van der Waals surface area contributed by atoms with E-state index in [4.69, 9.17) is 0 Å². The molecular weight excluding hydrogens is 199 g/mol. The van der Waals surface area contributed by atoms with Crippen molar-refractivity contribution in [1.29, 1.82) is 0 Å². The van der Waals surface area contributed by atoms with Crippen LogP contribution in [0, 0.1) is 17.9 Å². The molecule has 0 N–H and O–H groups in total. The smallest absolute Gasteiger partial charge is 0.150 e. The van der Waals surface area contributed by atoms with E-state index in [1.165, 1.54) is 0 Å². The minimum Gasteiger partial charge on any atom is -0.150 e. The first kappa shape index (κ1) is 13.4. The van der Waals surface area contributed by atoms with Crippen LogP contribution in [0.4, 0.5) is 0 Å². The van der Waals surface area contributed by atoms with Crippen LogP contribution in [0.25, 0.3) is 6.08 Å². The first-order valence-electron chi connectivity index (χ1n) is 5.15. The molecule has 0 aliphatic rings. The first-order chi connectivity index (χ1) is 7.95. The molecule has 76 valence electrons. The molecule has 0 saturated heterocycles. The molecule has 0 bridgehead atoms. The summed E-state index contributed by atoms with van der Waals surface area (Å²) in [5, 5.41) is 0. The normalized spacial score (nSPS) is 9.18. The summed E-state index contributed by atoms with van der Waals surface area (Å²) < 4.78 is 0. The molecule has 1 heteroatoms. The predicted molar refractivity (Wildman–Crippen MR) is 67.6 cm³/mol. The fourth-order valence-corrected chi connectivity index (χ4v) is 1.29. The molecule has 0 unspecified atom stereocenters. The average molecular weight is 210 g/mol. The van der Waals surface area contributed by atoms with Gasteiger partial charge in [0.1, 0.15) is 0 Å². The third-order valence-corrected chi connectivity index (χ3v) is 2.07. The molecule has 0 nitrogen and oxygen atoms in total. The van der Waals surface area contributed by atoms with Gasteiger partial charge in [-0.3, -0.25) is 0 Å². The van der Waals surface area contributed by atoms with Crippen LogP contribution in [-0.2, 0) is 0 Å². The van der Waals surface area contributed by atoms with Crippen molar-refractivity contribution < 1.29 is 18.9 Å². The second-order valence-electron chi connectivity index (χ2n) is 3.29. The van der Waals surface area contributed by atoms with Crippen LogP contribution < -0.4 is 18.9 Å². The van der Waals surface area contributed by atoms with Gasteiger partial charge in [-0.25, -0.2) is 0 Å². The van der Waals surface area contributed by atoms with Crippen LogP contribution in [0.2, 0.25) is 0 Å². The van der Waals surface area contributed by atoms with E-state index in [1.807, 2.05) is 66.7 Å². The Kier molecular flexibility index (Phi) is 5.98. The van der Waals surface area contributed by atoms with Crippen molar-refractivity contribution >= 4 is 6.08 Å². The molecule has 0 aromatic heterocycles.